The summed E-state index contributed by atoms with van der Waals surface area (Å²) in [5.74, 6) is -0.0390. The summed E-state index contributed by atoms with van der Waals surface area (Å²) in [5.41, 5.74) is 5.74. The molecule has 110 valence electrons. The van der Waals surface area contributed by atoms with E-state index in [1.165, 1.54) is 6.07 Å². The van der Waals surface area contributed by atoms with Crippen LogP contribution >= 0.6 is 11.6 Å². The number of amides is 1. The number of nitrogen functional groups attached to an aromatic ring is 1. The Kier molecular flexibility index (Phi) is 5.27. The maximum absolute atomic E-state index is 11.4. The average molecular weight is 299 g/mol. The lowest BCUT2D eigenvalue weighted by Crippen LogP contribution is -2.32. The van der Waals surface area contributed by atoms with E-state index in [-0.39, 0.29) is 18.0 Å². The zero-order valence-electron chi connectivity index (χ0n) is 11.7. The van der Waals surface area contributed by atoms with Gasteiger partial charge in [-0.3, -0.25) is 0 Å². The topological polar surface area (TPSA) is 84.6 Å². The van der Waals surface area contributed by atoms with Crippen molar-refractivity contribution in [1.82, 2.24) is 5.32 Å². The minimum absolute atomic E-state index is 0.0390. The second-order valence-corrected chi connectivity index (χ2v) is 5.65. The SMILES string of the molecule is CC(C)(C)OC(=O)NCC=Cc1cc(Cl)cc(N)c1O. The van der Waals surface area contributed by atoms with Crippen molar-refractivity contribution in [3.63, 3.8) is 0 Å². The molecule has 0 aliphatic heterocycles. The fraction of sp³-hybridized carbons (Fsp3) is 0.357. The maximum atomic E-state index is 11.4. The summed E-state index contributed by atoms with van der Waals surface area (Å²) in [4.78, 5) is 11.4. The third kappa shape index (κ3) is 5.40. The molecule has 1 amide bonds. The van der Waals surface area contributed by atoms with Crippen LogP contribution in [0.1, 0.15) is 26.3 Å². The molecule has 1 rings (SSSR count). The van der Waals surface area contributed by atoms with Crippen LogP contribution in [0.5, 0.6) is 5.75 Å². The molecular weight excluding hydrogens is 280 g/mol. The molecule has 0 fully saturated rings. The van der Waals surface area contributed by atoms with Gasteiger partial charge in [-0.05, 0) is 32.9 Å². The summed E-state index contributed by atoms with van der Waals surface area (Å²) < 4.78 is 5.08. The Morgan fingerprint density at radius 1 is 1.50 bits per heavy atom. The van der Waals surface area contributed by atoms with Gasteiger partial charge in [0, 0.05) is 17.1 Å². The van der Waals surface area contributed by atoms with Gasteiger partial charge in [0.15, 0.2) is 0 Å². The van der Waals surface area contributed by atoms with Crippen molar-refractivity contribution in [2.75, 3.05) is 12.3 Å². The van der Waals surface area contributed by atoms with Crippen molar-refractivity contribution in [1.29, 1.82) is 0 Å². The van der Waals surface area contributed by atoms with Crippen molar-refractivity contribution in [3.8, 4) is 5.75 Å². The van der Waals surface area contributed by atoms with Crippen LogP contribution in [0.4, 0.5) is 10.5 Å². The van der Waals surface area contributed by atoms with E-state index >= 15 is 0 Å². The fourth-order valence-corrected chi connectivity index (χ4v) is 1.65. The van der Waals surface area contributed by atoms with Crippen LogP contribution in [0.15, 0.2) is 18.2 Å². The van der Waals surface area contributed by atoms with Crippen LogP contribution < -0.4 is 11.1 Å². The normalized spacial score (nSPS) is 11.6. The molecule has 0 aliphatic carbocycles. The lowest BCUT2D eigenvalue weighted by molar-refractivity contribution is 0.0534. The van der Waals surface area contributed by atoms with E-state index in [9.17, 15) is 9.90 Å². The Labute approximate surface area is 123 Å². The summed E-state index contributed by atoms with van der Waals surface area (Å²) in [6, 6.07) is 3.05. The molecule has 1 aromatic carbocycles. The highest BCUT2D eigenvalue weighted by atomic mass is 35.5. The number of phenols is 1. The van der Waals surface area contributed by atoms with Crippen molar-refractivity contribution < 1.29 is 14.6 Å². The van der Waals surface area contributed by atoms with E-state index in [1.54, 1.807) is 39.0 Å². The van der Waals surface area contributed by atoms with E-state index in [4.69, 9.17) is 22.1 Å². The number of carbonyl (C=O) groups excluding carboxylic acids is 1. The van der Waals surface area contributed by atoms with E-state index in [2.05, 4.69) is 5.32 Å². The molecule has 4 N–H and O–H groups in total. The molecule has 0 bridgehead atoms. The highest BCUT2D eigenvalue weighted by molar-refractivity contribution is 6.31. The third-order valence-corrected chi connectivity index (χ3v) is 2.41. The third-order valence-electron chi connectivity index (χ3n) is 2.19. The Bertz CT molecular complexity index is 522. The van der Waals surface area contributed by atoms with Crippen LogP contribution in [0.2, 0.25) is 5.02 Å². The molecule has 0 atom stereocenters. The van der Waals surface area contributed by atoms with Gasteiger partial charge in [-0.15, -0.1) is 0 Å². The number of carbonyl (C=O) groups is 1. The standard InChI is InChI=1S/C14H19ClN2O3/c1-14(2,3)20-13(19)17-6-4-5-9-7-10(15)8-11(16)12(9)18/h4-5,7-8,18H,6,16H2,1-3H3,(H,17,19). The summed E-state index contributed by atoms with van der Waals surface area (Å²) in [6.45, 7) is 5.63. The smallest absolute Gasteiger partial charge is 0.407 e. The van der Waals surface area contributed by atoms with Gasteiger partial charge in [0.25, 0.3) is 0 Å². The van der Waals surface area contributed by atoms with Gasteiger partial charge in [-0.25, -0.2) is 4.79 Å². The Balaban J connectivity index is 2.56. The zero-order chi connectivity index (χ0) is 15.3. The van der Waals surface area contributed by atoms with Gasteiger partial charge in [-0.2, -0.15) is 0 Å². The highest BCUT2D eigenvalue weighted by Gasteiger charge is 2.15. The number of aromatic hydroxyl groups is 1. The first-order valence-corrected chi connectivity index (χ1v) is 6.48. The van der Waals surface area contributed by atoms with Crippen LogP contribution in [0.3, 0.4) is 0 Å². The van der Waals surface area contributed by atoms with Crippen LogP contribution in [0, 0.1) is 0 Å². The molecule has 0 saturated carbocycles. The first kappa shape index (κ1) is 16.2. The number of phenolic OH excluding ortho intramolecular Hbond substituents is 1. The first-order chi connectivity index (χ1) is 9.19. The molecule has 0 unspecified atom stereocenters. The minimum atomic E-state index is -0.534. The molecule has 1 aromatic rings. The average Bonchev–Trinajstić information content (AvgIpc) is 2.28. The summed E-state index contributed by atoms with van der Waals surface area (Å²) in [5, 5.41) is 12.7. The molecule has 5 nitrogen and oxygen atoms in total. The first-order valence-electron chi connectivity index (χ1n) is 6.10. The number of rotatable bonds is 3. The Hall–Kier alpha value is -1.88. The number of ether oxygens (including phenoxy) is 1. The number of hydrogen-bond donors (Lipinski definition) is 3. The number of nitrogens with two attached hydrogens (primary N) is 1. The van der Waals surface area contributed by atoms with Crippen molar-refractivity contribution in [2.45, 2.75) is 26.4 Å². The van der Waals surface area contributed by atoms with Gasteiger partial charge in [-0.1, -0.05) is 23.8 Å². The summed E-state index contributed by atoms with van der Waals surface area (Å²) in [6.07, 6.45) is 2.78. The number of nitrogens with one attached hydrogen (secondary N) is 1. The highest BCUT2D eigenvalue weighted by Crippen LogP contribution is 2.29. The van der Waals surface area contributed by atoms with Crippen molar-refractivity contribution in [3.05, 3.63) is 28.8 Å². The van der Waals surface area contributed by atoms with Gasteiger partial charge in [0.05, 0.1) is 5.69 Å². The van der Waals surface area contributed by atoms with E-state index in [0.717, 1.165) is 0 Å². The van der Waals surface area contributed by atoms with Crippen LogP contribution in [0.25, 0.3) is 6.08 Å². The zero-order valence-corrected chi connectivity index (χ0v) is 12.5. The molecule has 6 heteroatoms. The van der Waals surface area contributed by atoms with Crippen molar-refractivity contribution >= 4 is 29.5 Å². The number of anilines is 1. The number of benzene rings is 1. The molecule has 20 heavy (non-hydrogen) atoms. The summed E-state index contributed by atoms with van der Waals surface area (Å²) in [7, 11) is 0. The maximum Gasteiger partial charge on any atom is 0.407 e. The second kappa shape index (κ2) is 6.52. The van der Waals surface area contributed by atoms with E-state index in [0.29, 0.717) is 10.6 Å². The molecule has 0 heterocycles. The lowest BCUT2D eigenvalue weighted by Gasteiger charge is -2.19. The molecular formula is C14H19ClN2O3. The Morgan fingerprint density at radius 2 is 2.15 bits per heavy atom. The molecule has 0 radical (unpaired) electrons. The van der Waals surface area contributed by atoms with Gasteiger partial charge < -0.3 is 20.9 Å². The Morgan fingerprint density at radius 3 is 2.75 bits per heavy atom. The van der Waals surface area contributed by atoms with Crippen LogP contribution in [-0.4, -0.2) is 23.3 Å². The molecule has 0 saturated heterocycles. The van der Waals surface area contributed by atoms with E-state index < -0.39 is 11.7 Å². The number of hydrogen-bond acceptors (Lipinski definition) is 4. The fourth-order valence-electron chi connectivity index (χ4n) is 1.41. The minimum Gasteiger partial charge on any atom is -0.505 e. The molecule has 0 aliphatic rings. The van der Waals surface area contributed by atoms with Gasteiger partial charge in [0.1, 0.15) is 11.4 Å². The quantitative estimate of drug-likeness (QED) is 0.591. The van der Waals surface area contributed by atoms with Crippen molar-refractivity contribution in [2.24, 2.45) is 0 Å². The van der Waals surface area contributed by atoms with E-state index in [1.807, 2.05) is 0 Å². The number of halogens is 1. The monoisotopic (exact) mass is 298 g/mol. The predicted octanol–water partition coefficient (Wildman–Crippen LogP) is 3.17. The lowest BCUT2D eigenvalue weighted by atomic mass is 10.1. The predicted molar refractivity (Wildman–Crippen MR) is 80.8 cm³/mol. The van der Waals surface area contributed by atoms with Gasteiger partial charge in [0.2, 0.25) is 0 Å². The number of alkyl carbamates (subject to hydrolysis) is 1. The molecule has 0 aromatic heterocycles. The largest absolute Gasteiger partial charge is 0.505 e. The second-order valence-electron chi connectivity index (χ2n) is 5.22. The molecule has 0 spiro atoms. The summed E-state index contributed by atoms with van der Waals surface area (Å²) >= 11 is 5.84. The van der Waals surface area contributed by atoms with Gasteiger partial charge >= 0.3 is 6.09 Å². The van der Waals surface area contributed by atoms with Crippen LogP contribution in [-0.2, 0) is 4.74 Å².